The molecule has 5 heteroatoms. The molecule has 0 unspecified atom stereocenters. The first-order valence-electron chi connectivity index (χ1n) is 8.90. The normalized spacial score (nSPS) is 10.8. The highest BCUT2D eigenvalue weighted by molar-refractivity contribution is 7.22. The van der Waals surface area contributed by atoms with Crippen molar-refractivity contribution in [3.63, 3.8) is 0 Å². The molecule has 3 aromatic carbocycles. The number of ketones is 1. The SMILES string of the molecule is Cc1cc2nc(NC(=O)c3ccc(C(=O)c4ccccc4)cc3)sc2cc1C. The van der Waals surface area contributed by atoms with Crippen molar-refractivity contribution in [1.82, 2.24) is 4.98 Å². The predicted molar refractivity (Wildman–Crippen MR) is 113 cm³/mol. The molecule has 1 N–H and O–H groups in total. The molecule has 0 spiro atoms. The first-order valence-corrected chi connectivity index (χ1v) is 9.72. The summed E-state index contributed by atoms with van der Waals surface area (Å²) in [7, 11) is 0. The molecule has 4 aromatic rings. The number of thiazole rings is 1. The van der Waals surface area contributed by atoms with E-state index in [-0.39, 0.29) is 11.7 Å². The number of hydrogen-bond acceptors (Lipinski definition) is 4. The maximum atomic E-state index is 12.5. The summed E-state index contributed by atoms with van der Waals surface area (Å²) in [5.41, 5.74) is 4.92. The number of nitrogens with zero attached hydrogens (tertiary/aromatic N) is 1. The maximum Gasteiger partial charge on any atom is 0.257 e. The number of benzene rings is 3. The van der Waals surface area contributed by atoms with E-state index in [2.05, 4.69) is 23.3 Å². The summed E-state index contributed by atoms with van der Waals surface area (Å²) in [5.74, 6) is -0.310. The smallest absolute Gasteiger partial charge is 0.257 e. The highest BCUT2D eigenvalue weighted by Crippen LogP contribution is 2.28. The molecule has 0 atom stereocenters. The molecule has 0 aliphatic rings. The molecule has 0 fully saturated rings. The van der Waals surface area contributed by atoms with Crippen molar-refractivity contribution in [2.24, 2.45) is 0 Å². The highest BCUT2D eigenvalue weighted by Gasteiger charge is 2.13. The summed E-state index contributed by atoms with van der Waals surface area (Å²) in [6, 6.07) is 19.9. The Balaban J connectivity index is 1.52. The second-order valence-electron chi connectivity index (χ2n) is 6.65. The molecule has 0 bridgehead atoms. The van der Waals surface area contributed by atoms with Gasteiger partial charge < -0.3 is 0 Å². The Labute approximate surface area is 166 Å². The van der Waals surface area contributed by atoms with Gasteiger partial charge in [-0.15, -0.1) is 0 Å². The molecule has 1 amide bonds. The number of aryl methyl sites for hydroxylation is 2. The van der Waals surface area contributed by atoms with Gasteiger partial charge in [-0.1, -0.05) is 53.8 Å². The second kappa shape index (κ2) is 7.37. The number of fused-ring (bicyclic) bond motifs is 1. The third-order valence-corrected chi connectivity index (χ3v) is 5.60. The van der Waals surface area contributed by atoms with Crippen molar-refractivity contribution in [2.45, 2.75) is 13.8 Å². The zero-order valence-electron chi connectivity index (χ0n) is 15.5. The zero-order chi connectivity index (χ0) is 19.7. The lowest BCUT2D eigenvalue weighted by molar-refractivity contribution is 0.102. The van der Waals surface area contributed by atoms with E-state index in [1.165, 1.54) is 22.5 Å². The monoisotopic (exact) mass is 386 g/mol. The summed E-state index contributed by atoms with van der Waals surface area (Å²) in [4.78, 5) is 29.5. The minimum absolute atomic E-state index is 0.0653. The zero-order valence-corrected chi connectivity index (χ0v) is 16.3. The van der Waals surface area contributed by atoms with Gasteiger partial charge in [-0.25, -0.2) is 4.98 Å². The Bertz CT molecular complexity index is 1140. The van der Waals surface area contributed by atoms with Crippen LogP contribution in [-0.4, -0.2) is 16.7 Å². The molecule has 0 radical (unpaired) electrons. The van der Waals surface area contributed by atoms with Crippen molar-refractivity contribution in [3.8, 4) is 0 Å². The van der Waals surface area contributed by atoms with Gasteiger partial charge in [-0.05, 0) is 49.2 Å². The molecule has 0 aliphatic heterocycles. The van der Waals surface area contributed by atoms with Crippen LogP contribution in [0.2, 0.25) is 0 Å². The van der Waals surface area contributed by atoms with Crippen LogP contribution in [0.5, 0.6) is 0 Å². The molecule has 0 aliphatic carbocycles. The lowest BCUT2D eigenvalue weighted by Gasteiger charge is -2.04. The molecular formula is C23H18N2O2S. The lowest BCUT2D eigenvalue weighted by Crippen LogP contribution is -2.12. The Hall–Kier alpha value is -3.31. The molecule has 1 aromatic heterocycles. The number of nitrogens with one attached hydrogen (secondary N) is 1. The van der Waals surface area contributed by atoms with E-state index in [0.717, 1.165) is 10.2 Å². The van der Waals surface area contributed by atoms with Crippen molar-refractivity contribution in [1.29, 1.82) is 0 Å². The Morgan fingerprint density at radius 3 is 2.14 bits per heavy atom. The van der Waals surface area contributed by atoms with Gasteiger partial charge in [-0.2, -0.15) is 0 Å². The van der Waals surface area contributed by atoms with E-state index in [4.69, 9.17) is 0 Å². The number of anilines is 1. The van der Waals surface area contributed by atoms with Crippen LogP contribution >= 0.6 is 11.3 Å². The van der Waals surface area contributed by atoms with Gasteiger partial charge in [0.15, 0.2) is 10.9 Å². The third-order valence-electron chi connectivity index (χ3n) is 4.67. The summed E-state index contributed by atoms with van der Waals surface area (Å²) >= 11 is 1.45. The number of hydrogen-bond donors (Lipinski definition) is 1. The lowest BCUT2D eigenvalue weighted by atomic mass is 10.0. The fourth-order valence-electron chi connectivity index (χ4n) is 2.93. The van der Waals surface area contributed by atoms with Crippen molar-refractivity contribution in [3.05, 3.63) is 94.5 Å². The van der Waals surface area contributed by atoms with E-state index in [1.807, 2.05) is 31.2 Å². The molecule has 0 saturated carbocycles. The minimum atomic E-state index is -0.244. The van der Waals surface area contributed by atoms with Crippen molar-refractivity contribution in [2.75, 3.05) is 5.32 Å². The van der Waals surface area contributed by atoms with Crippen LogP contribution in [0.3, 0.4) is 0 Å². The first-order chi connectivity index (χ1) is 13.5. The van der Waals surface area contributed by atoms with Gasteiger partial charge >= 0.3 is 0 Å². The molecule has 138 valence electrons. The summed E-state index contributed by atoms with van der Waals surface area (Å²) < 4.78 is 1.04. The van der Waals surface area contributed by atoms with Crippen molar-refractivity contribution >= 4 is 38.4 Å². The molecular weight excluding hydrogens is 368 g/mol. The van der Waals surface area contributed by atoms with E-state index in [9.17, 15) is 9.59 Å². The van der Waals surface area contributed by atoms with Crippen molar-refractivity contribution < 1.29 is 9.59 Å². The topological polar surface area (TPSA) is 59.1 Å². The standard InChI is InChI=1S/C23H18N2O2S/c1-14-12-19-20(13-15(14)2)28-23(24-19)25-22(27)18-10-8-17(9-11-18)21(26)16-6-4-3-5-7-16/h3-13H,1-2H3,(H,24,25,27). The Morgan fingerprint density at radius 1 is 0.821 bits per heavy atom. The predicted octanol–water partition coefficient (Wildman–Crippen LogP) is 5.40. The van der Waals surface area contributed by atoms with Gasteiger partial charge in [0.05, 0.1) is 10.2 Å². The largest absolute Gasteiger partial charge is 0.298 e. The van der Waals surface area contributed by atoms with E-state index in [1.54, 1.807) is 36.4 Å². The second-order valence-corrected chi connectivity index (χ2v) is 7.68. The Morgan fingerprint density at radius 2 is 1.43 bits per heavy atom. The number of carbonyl (C=O) groups is 2. The number of aromatic nitrogens is 1. The number of rotatable bonds is 4. The minimum Gasteiger partial charge on any atom is -0.298 e. The quantitative estimate of drug-likeness (QED) is 0.478. The highest BCUT2D eigenvalue weighted by atomic mass is 32.1. The van der Waals surface area contributed by atoms with Gasteiger partial charge in [0, 0.05) is 16.7 Å². The summed E-state index contributed by atoms with van der Waals surface area (Å²) in [6.45, 7) is 4.11. The average Bonchev–Trinajstić information content (AvgIpc) is 3.09. The first kappa shape index (κ1) is 18.1. The van der Waals surface area contributed by atoms with E-state index < -0.39 is 0 Å². The summed E-state index contributed by atoms with van der Waals surface area (Å²) in [5, 5.41) is 3.41. The van der Waals surface area contributed by atoms with Crippen LogP contribution in [0.4, 0.5) is 5.13 Å². The molecule has 1 heterocycles. The molecule has 28 heavy (non-hydrogen) atoms. The van der Waals surface area contributed by atoms with Gasteiger partial charge in [0.25, 0.3) is 5.91 Å². The molecule has 4 rings (SSSR count). The van der Waals surface area contributed by atoms with Crippen LogP contribution in [0.1, 0.15) is 37.4 Å². The van der Waals surface area contributed by atoms with Gasteiger partial charge in [0.1, 0.15) is 0 Å². The van der Waals surface area contributed by atoms with Crippen LogP contribution in [-0.2, 0) is 0 Å². The maximum absolute atomic E-state index is 12.5. The number of amides is 1. The van der Waals surface area contributed by atoms with Crippen LogP contribution in [0.25, 0.3) is 10.2 Å². The van der Waals surface area contributed by atoms with Crippen LogP contribution in [0.15, 0.2) is 66.7 Å². The van der Waals surface area contributed by atoms with E-state index >= 15 is 0 Å². The van der Waals surface area contributed by atoms with E-state index in [0.29, 0.717) is 21.8 Å². The average molecular weight is 386 g/mol. The molecule has 0 saturated heterocycles. The van der Waals surface area contributed by atoms with Gasteiger partial charge in [-0.3, -0.25) is 14.9 Å². The summed E-state index contributed by atoms with van der Waals surface area (Å²) in [6.07, 6.45) is 0. The molecule has 4 nitrogen and oxygen atoms in total. The van der Waals surface area contributed by atoms with Crippen LogP contribution < -0.4 is 5.32 Å². The fraction of sp³-hybridized carbons (Fsp3) is 0.0870. The Kier molecular flexibility index (Phi) is 4.75. The van der Waals surface area contributed by atoms with Gasteiger partial charge in [0.2, 0.25) is 0 Å². The number of carbonyl (C=O) groups excluding carboxylic acids is 2. The van der Waals surface area contributed by atoms with Crippen LogP contribution in [0, 0.1) is 13.8 Å². The fourth-order valence-corrected chi connectivity index (χ4v) is 3.87. The third kappa shape index (κ3) is 3.57.